The van der Waals surface area contributed by atoms with E-state index in [4.69, 9.17) is 0 Å². The highest BCUT2D eigenvalue weighted by Gasteiger charge is 2.19. The summed E-state index contributed by atoms with van der Waals surface area (Å²) in [6.45, 7) is 0.796. The van der Waals surface area contributed by atoms with E-state index in [1.165, 1.54) is 12.1 Å². The second-order valence-corrected chi connectivity index (χ2v) is 9.18. The first kappa shape index (κ1) is 21.0. The average molecular weight is 437 g/mol. The molecule has 1 saturated heterocycles. The fourth-order valence-corrected chi connectivity index (χ4v) is 4.81. The summed E-state index contributed by atoms with van der Waals surface area (Å²) >= 11 is 0. The predicted octanol–water partition coefficient (Wildman–Crippen LogP) is 4.08. The number of rotatable bonds is 4. The van der Waals surface area contributed by atoms with Gasteiger partial charge in [0.25, 0.3) is 15.9 Å². The van der Waals surface area contributed by atoms with Gasteiger partial charge in [0.1, 0.15) is 5.84 Å². The molecule has 0 aliphatic carbocycles. The average Bonchev–Trinajstić information content (AvgIpc) is 2.97. The molecule has 0 radical (unpaired) electrons. The molecule has 0 bridgehead atoms. The number of benzene rings is 2. The van der Waals surface area contributed by atoms with Crippen molar-refractivity contribution in [3.8, 4) is 0 Å². The van der Waals surface area contributed by atoms with Gasteiger partial charge in [0.15, 0.2) is 0 Å². The molecule has 2 aromatic carbocycles. The Morgan fingerprint density at radius 3 is 2.77 bits per heavy atom. The van der Waals surface area contributed by atoms with E-state index in [9.17, 15) is 13.2 Å². The highest BCUT2D eigenvalue weighted by Crippen LogP contribution is 2.22. The number of nitrogens with one attached hydrogen (secondary N) is 1. The van der Waals surface area contributed by atoms with Crippen molar-refractivity contribution in [2.75, 3.05) is 18.9 Å². The molecule has 160 valence electrons. The van der Waals surface area contributed by atoms with Crippen LogP contribution in [0.1, 0.15) is 36.0 Å². The van der Waals surface area contributed by atoms with Gasteiger partial charge in [0.2, 0.25) is 0 Å². The number of sulfonamides is 1. The van der Waals surface area contributed by atoms with E-state index in [1.807, 2.05) is 24.1 Å². The number of nitrogens with zero attached hydrogens (tertiary/aromatic N) is 3. The topological polar surface area (TPSA) is 91.7 Å². The Bertz CT molecular complexity index is 1250. The number of carbonyl (C=O) groups excluding carboxylic acids is 1. The Labute approximate surface area is 181 Å². The normalized spacial score (nSPS) is 16.3. The lowest BCUT2D eigenvalue weighted by molar-refractivity contribution is 0.102. The molecule has 1 aliphatic heterocycles. The second kappa shape index (κ2) is 8.85. The quantitative estimate of drug-likeness (QED) is 0.665. The Kier molecular flexibility index (Phi) is 5.99. The van der Waals surface area contributed by atoms with Crippen molar-refractivity contribution in [1.29, 1.82) is 0 Å². The van der Waals surface area contributed by atoms with Crippen molar-refractivity contribution < 1.29 is 13.2 Å². The Morgan fingerprint density at radius 2 is 1.90 bits per heavy atom. The molecule has 1 fully saturated rings. The van der Waals surface area contributed by atoms with Gasteiger partial charge in [-0.25, -0.2) is 0 Å². The molecule has 4 rings (SSSR count). The van der Waals surface area contributed by atoms with Gasteiger partial charge in [-0.05, 0) is 49.2 Å². The third kappa shape index (κ3) is 4.74. The van der Waals surface area contributed by atoms with Gasteiger partial charge < -0.3 is 10.2 Å². The summed E-state index contributed by atoms with van der Waals surface area (Å²) in [6.07, 6.45) is 5.33. The zero-order valence-electron chi connectivity index (χ0n) is 17.3. The van der Waals surface area contributed by atoms with E-state index < -0.39 is 10.0 Å². The van der Waals surface area contributed by atoms with Gasteiger partial charge in [-0.15, -0.1) is 4.40 Å². The summed E-state index contributed by atoms with van der Waals surface area (Å²) in [5.41, 5.74) is 1.58. The van der Waals surface area contributed by atoms with Gasteiger partial charge in [-0.3, -0.25) is 9.78 Å². The van der Waals surface area contributed by atoms with E-state index >= 15 is 0 Å². The zero-order valence-corrected chi connectivity index (χ0v) is 18.1. The molecule has 0 atom stereocenters. The van der Waals surface area contributed by atoms with Gasteiger partial charge in [-0.1, -0.05) is 24.6 Å². The summed E-state index contributed by atoms with van der Waals surface area (Å²) < 4.78 is 29.9. The maximum absolute atomic E-state index is 12.9. The molecular weight excluding hydrogens is 412 g/mol. The molecular formula is C23H24N4O3S. The van der Waals surface area contributed by atoms with Crippen molar-refractivity contribution in [3.05, 3.63) is 66.4 Å². The summed E-state index contributed by atoms with van der Waals surface area (Å²) in [5, 5.41) is 3.53. The van der Waals surface area contributed by atoms with E-state index in [0.717, 1.165) is 36.7 Å². The van der Waals surface area contributed by atoms with Crippen molar-refractivity contribution in [3.63, 3.8) is 0 Å². The minimum absolute atomic E-state index is 0.0510. The molecule has 3 aromatic rings. The van der Waals surface area contributed by atoms with Crippen molar-refractivity contribution in [2.45, 2.75) is 30.6 Å². The van der Waals surface area contributed by atoms with E-state index in [2.05, 4.69) is 14.7 Å². The van der Waals surface area contributed by atoms with E-state index in [-0.39, 0.29) is 10.8 Å². The van der Waals surface area contributed by atoms with Crippen molar-refractivity contribution in [2.24, 2.45) is 4.40 Å². The molecule has 0 spiro atoms. The van der Waals surface area contributed by atoms with Crippen LogP contribution >= 0.6 is 0 Å². The summed E-state index contributed by atoms with van der Waals surface area (Å²) in [7, 11) is -2.01. The molecule has 1 N–H and O–H groups in total. The van der Waals surface area contributed by atoms with Crippen LogP contribution in [0, 0.1) is 0 Å². The van der Waals surface area contributed by atoms with Crippen LogP contribution in [0.3, 0.4) is 0 Å². The number of hydrogen-bond donors (Lipinski definition) is 1. The first-order valence-electron chi connectivity index (χ1n) is 10.2. The van der Waals surface area contributed by atoms with Crippen LogP contribution in [0.25, 0.3) is 10.9 Å². The second-order valence-electron chi connectivity index (χ2n) is 7.57. The van der Waals surface area contributed by atoms with Crippen LogP contribution in [0.4, 0.5) is 5.69 Å². The van der Waals surface area contributed by atoms with Crippen molar-refractivity contribution in [1.82, 2.24) is 9.88 Å². The smallest absolute Gasteiger partial charge is 0.284 e. The van der Waals surface area contributed by atoms with Crippen LogP contribution in [0.5, 0.6) is 0 Å². The molecule has 0 saturated carbocycles. The lowest BCUT2D eigenvalue weighted by Crippen LogP contribution is -2.26. The molecule has 0 unspecified atom stereocenters. The Hall–Kier alpha value is -3.26. The number of likely N-dealkylation sites (tertiary alicyclic amines) is 1. The lowest BCUT2D eigenvalue weighted by atomic mass is 10.1. The van der Waals surface area contributed by atoms with Crippen LogP contribution < -0.4 is 5.32 Å². The van der Waals surface area contributed by atoms with Gasteiger partial charge in [-0.2, -0.15) is 8.42 Å². The van der Waals surface area contributed by atoms with Gasteiger partial charge in [0, 0.05) is 42.8 Å². The third-order valence-electron chi connectivity index (χ3n) is 5.34. The van der Waals surface area contributed by atoms with Gasteiger partial charge in [0.05, 0.1) is 10.4 Å². The maximum atomic E-state index is 12.9. The first-order chi connectivity index (χ1) is 14.9. The highest BCUT2D eigenvalue weighted by atomic mass is 32.2. The number of pyridine rings is 1. The molecule has 2 heterocycles. The summed E-state index contributed by atoms with van der Waals surface area (Å²) in [6, 6.07) is 15.1. The highest BCUT2D eigenvalue weighted by molar-refractivity contribution is 7.90. The number of aromatic nitrogens is 1. The largest absolute Gasteiger partial charge is 0.362 e. The molecule has 1 aliphatic rings. The van der Waals surface area contributed by atoms with Crippen LogP contribution in [0.2, 0.25) is 0 Å². The molecule has 1 amide bonds. The molecule has 8 heteroatoms. The Balaban J connectivity index is 1.60. The lowest BCUT2D eigenvalue weighted by Gasteiger charge is -2.17. The maximum Gasteiger partial charge on any atom is 0.284 e. The number of hydrogen-bond acceptors (Lipinski definition) is 4. The predicted molar refractivity (Wildman–Crippen MR) is 122 cm³/mol. The monoisotopic (exact) mass is 436 g/mol. The summed E-state index contributed by atoms with van der Waals surface area (Å²) in [4.78, 5) is 19.1. The number of amidine groups is 1. The molecule has 1 aromatic heterocycles. The van der Waals surface area contributed by atoms with Crippen LogP contribution in [-0.2, 0) is 10.0 Å². The standard InChI is InChI=1S/C23H24N4O3S/c1-27-15-4-2-3-13-22(27)26-31(29,30)18-9-5-8-17(16-18)25-23(28)20-10-6-12-21-19(20)11-7-14-24-21/h5-12,14,16H,2-4,13,15H2,1H3,(H,25,28)/b26-22-. The molecule has 7 nitrogen and oxygen atoms in total. The van der Waals surface area contributed by atoms with Gasteiger partial charge >= 0.3 is 0 Å². The molecule has 31 heavy (non-hydrogen) atoms. The van der Waals surface area contributed by atoms with Crippen LogP contribution in [-0.4, -0.2) is 43.6 Å². The number of anilines is 1. The minimum atomic E-state index is -3.88. The first-order valence-corrected chi connectivity index (χ1v) is 11.7. The zero-order chi connectivity index (χ0) is 21.8. The minimum Gasteiger partial charge on any atom is -0.362 e. The summed E-state index contributed by atoms with van der Waals surface area (Å²) in [5.74, 6) is 0.248. The number of amides is 1. The van der Waals surface area contributed by atoms with E-state index in [0.29, 0.717) is 23.5 Å². The number of fused-ring (bicyclic) bond motifs is 1. The fourth-order valence-electron chi connectivity index (χ4n) is 3.67. The SMILES string of the molecule is CN1CCCCC/C1=N/S(=O)(=O)c1cccc(NC(=O)c2cccc3ncccc23)c1. The fraction of sp³-hybridized carbons (Fsp3) is 0.261. The van der Waals surface area contributed by atoms with Crippen molar-refractivity contribution >= 4 is 38.4 Å². The third-order valence-corrected chi connectivity index (χ3v) is 6.64. The number of carbonyl (C=O) groups is 1. The van der Waals surface area contributed by atoms with E-state index in [1.54, 1.807) is 36.5 Å². The van der Waals surface area contributed by atoms with Crippen LogP contribution in [0.15, 0.2) is 70.1 Å². The Morgan fingerprint density at radius 1 is 1.06 bits per heavy atom.